The van der Waals surface area contributed by atoms with Gasteiger partial charge in [-0.25, -0.2) is 4.39 Å². The first-order chi connectivity index (χ1) is 7.15. The van der Waals surface area contributed by atoms with E-state index in [-0.39, 0.29) is 11.4 Å². The van der Waals surface area contributed by atoms with Crippen LogP contribution in [0.1, 0.15) is 5.56 Å². The summed E-state index contributed by atoms with van der Waals surface area (Å²) in [5.74, 6) is -0.165. The summed E-state index contributed by atoms with van der Waals surface area (Å²) < 4.78 is 19.8. The van der Waals surface area contributed by atoms with Gasteiger partial charge in [0.15, 0.2) is 0 Å². The third-order valence-electron chi connectivity index (χ3n) is 2.85. The molecule has 0 amide bonds. The zero-order valence-electron chi connectivity index (χ0n) is 8.52. The van der Waals surface area contributed by atoms with Crippen molar-refractivity contribution in [2.75, 3.05) is 20.2 Å². The second-order valence-corrected chi connectivity index (χ2v) is 4.82. The summed E-state index contributed by atoms with van der Waals surface area (Å²) in [6.45, 7) is 1.57. The Bertz CT molecular complexity index is 360. The standard InChI is InChI=1S/C11H13BrFNO/c1-15-11(6-14-7-11)5-8-4-9(12)2-3-10(8)13/h2-4,14H,5-7H2,1H3. The summed E-state index contributed by atoms with van der Waals surface area (Å²) in [4.78, 5) is 0. The van der Waals surface area contributed by atoms with Gasteiger partial charge >= 0.3 is 0 Å². The lowest BCUT2D eigenvalue weighted by molar-refractivity contribution is -0.0507. The van der Waals surface area contributed by atoms with Gasteiger partial charge in [-0.15, -0.1) is 0 Å². The van der Waals surface area contributed by atoms with Crippen molar-refractivity contribution < 1.29 is 9.13 Å². The van der Waals surface area contributed by atoms with Crippen molar-refractivity contribution in [3.05, 3.63) is 34.1 Å². The number of nitrogens with one attached hydrogen (secondary N) is 1. The topological polar surface area (TPSA) is 21.3 Å². The van der Waals surface area contributed by atoms with Crippen molar-refractivity contribution >= 4 is 15.9 Å². The SMILES string of the molecule is COC1(Cc2cc(Br)ccc2F)CNC1. The molecule has 1 aromatic carbocycles. The molecule has 0 bridgehead atoms. The lowest BCUT2D eigenvalue weighted by Gasteiger charge is -2.41. The van der Waals surface area contributed by atoms with Crippen LogP contribution in [0, 0.1) is 5.82 Å². The molecule has 0 unspecified atom stereocenters. The minimum absolute atomic E-state index is 0.165. The second kappa shape index (κ2) is 4.20. The Kier molecular flexibility index (Phi) is 3.09. The highest BCUT2D eigenvalue weighted by Gasteiger charge is 2.37. The van der Waals surface area contributed by atoms with Crippen LogP contribution in [0.5, 0.6) is 0 Å². The van der Waals surface area contributed by atoms with E-state index >= 15 is 0 Å². The van der Waals surface area contributed by atoms with E-state index in [0.29, 0.717) is 12.0 Å². The summed E-state index contributed by atoms with van der Waals surface area (Å²) in [6, 6.07) is 5.00. The van der Waals surface area contributed by atoms with E-state index in [1.165, 1.54) is 6.07 Å². The lowest BCUT2D eigenvalue weighted by atomic mass is 9.88. The van der Waals surface area contributed by atoms with Crippen LogP contribution in [-0.2, 0) is 11.2 Å². The monoisotopic (exact) mass is 273 g/mol. The molecule has 2 nitrogen and oxygen atoms in total. The van der Waals surface area contributed by atoms with E-state index in [2.05, 4.69) is 21.2 Å². The molecule has 1 heterocycles. The van der Waals surface area contributed by atoms with Crippen LogP contribution >= 0.6 is 15.9 Å². The maximum atomic E-state index is 13.5. The van der Waals surface area contributed by atoms with E-state index in [1.807, 2.05) is 6.07 Å². The average Bonchev–Trinajstić information content (AvgIpc) is 2.17. The Hall–Kier alpha value is -0.450. The van der Waals surface area contributed by atoms with Crippen molar-refractivity contribution in [1.82, 2.24) is 5.32 Å². The average molecular weight is 274 g/mol. The van der Waals surface area contributed by atoms with Gasteiger partial charge in [0.05, 0.1) is 5.60 Å². The summed E-state index contributed by atoms with van der Waals surface area (Å²) in [7, 11) is 1.68. The largest absolute Gasteiger partial charge is 0.375 e. The van der Waals surface area contributed by atoms with Crippen molar-refractivity contribution in [2.24, 2.45) is 0 Å². The highest BCUT2D eigenvalue weighted by Crippen LogP contribution is 2.25. The molecular weight excluding hydrogens is 261 g/mol. The van der Waals surface area contributed by atoms with Crippen LogP contribution in [0.3, 0.4) is 0 Å². The van der Waals surface area contributed by atoms with Crippen LogP contribution in [0.2, 0.25) is 0 Å². The number of hydrogen-bond acceptors (Lipinski definition) is 2. The van der Waals surface area contributed by atoms with Gasteiger partial charge in [0.25, 0.3) is 0 Å². The zero-order chi connectivity index (χ0) is 10.9. The molecule has 0 radical (unpaired) electrons. The quantitative estimate of drug-likeness (QED) is 0.911. The highest BCUT2D eigenvalue weighted by atomic mass is 79.9. The molecule has 1 aromatic rings. The molecule has 1 N–H and O–H groups in total. The minimum Gasteiger partial charge on any atom is -0.375 e. The molecule has 2 rings (SSSR count). The van der Waals surface area contributed by atoms with Gasteiger partial charge in [0, 0.05) is 31.1 Å². The van der Waals surface area contributed by atoms with Crippen molar-refractivity contribution in [3.63, 3.8) is 0 Å². The lowest BCUT2D eigenvalue weighted by Crippen LogP contribution is -2.62. The van der Waals surface area contributed by atoms with Crippen molar-refractivity contribution in [3.8, 4) is 0 Å². The summed E-state index contributed by atoms with van der Waals surface area (Å²) in [5.41, 5.74) is 0.481. The number of hydrogen-bond donors (Lipinski definition) is 1. The maximum absolute atomic E-state index is 13.5. The summed E-state index contributed by atoms with van der Waals surface area (Å²) in [5, 5.41) is 3.15. The van der Waals surface area contributed by atoms with E-state index in [0.717, 1.165) is 17.6 Å². The Morgan fingerprint density at radius 3 is 2.80 bits per heavy atom. The molecule has 15 heavy (non-hydrogen) atoms. The van der Waals surface area contributed by atoms with E-state index < -0.39 is 0 Å². The number of benzene rings is 1. The Balaban J connectivity index is 2.19. The minimum atomic E-state index is -0.221. The highest BCUT2D eigenvalue weighted by molar-refractivity contribution is 9.10. The van der Waals surface area contributed by atoms with Crippen LogP contribution < -0.4 is 5.32 Å². The Morgan fingerprint density at radius 2 is 2.27 bits per heavy atom. The molecule has 0 aliphatic carbocycles. The number of ether oxygens (including phenoxy) is 1. The molecule has 4 heteroatoms. The normalized spacial score (nSPS) is 18.6. The predicted octanol–water partition coefficient (Wildman–Crippen LogP) is 2.12. The number of methoxy groups -OCH3 is 1. The van der Waals surface area contributed by atoms with Crippen LogP contribution in [0.25, 0.3) is 0 Å². The summed E-state index contributed by atoms with van der Waals surface area (Å²) in [6.07, 6.45) is 0.613. The third kappa shape index (κ3) is 2.22. The van der Waals surface area contributed by atoms with E-state index in [1.54, 1.807) is 13.2 Å². The maximum Gasteiger partial charge on any atom is 0.126 e. The Morgan fingerprint density at radius 1 is 1.53 bits per heavy atom. The van der Waals surface area contributed by atoms with E-state index in [4.69, 9.17) is 4.74 Å². The predicted molar refractivity (Wildman–Crippen MR) is 60.4 cm³/mol. The number of rotatable bonds is 3. The van der Waals surface area contributed by atoms with E-state index in [9.17, 15) is 4.39 Å². The molecular formula is C11H13BrFNO. The third-order valence-corrected chi connectivity index (χ3v) is 3.34. The van der Waals surface area contributed by atoms with Crippen molar-refractivity contribution in [1.29, 1.82) is 0 Å². The molecule has 1 fully saturated rings. The smallest absolute Gasteiger partial charge is 0.126 e. The van der Waals surface area contributed by atoms with Gasteiger partial charge in [-0.2, -0.15) is 0 Å². The molecule has 1 aliphatic rings. The van der Waals surface area contributed by atoms with Crippen LogP contribution in [0.4, 0.5) is 4.39 Å². The van der Waals surface area contributed by atoms with Crippen LogP contribution in [0.15, 0.2) is 22.7 Å². The van der Waals surface area contributed by atoms with Crippen molar-refractivity contribution in [2.45, 2.75) is 12.0 Å². The first-order valence-electron chi connectivity index (χ1n) is 4.85. The second-order valence-electron chi connectivity index (χ2n) is 3.90. The van der Waals surface area contributed by atoms with Gasteiger partial charge in [-0.05, 0) is 23.8 Å². The molecule has 0 aromatic heterocycles. The van der Waals surface area contributed by atoms with Gasteiger partial charge < -0.3 is 10.1 Å². The van der Waals surface area contributed by atoms with Crippen LogP contribution in [-0.4, -0.2) is 25.8 Å². The van der Waals surface area contributed by atoms with Gasteiger partial charge in [-0.3, -0.25) is 0 Å². The van der Waals surface area contributed by atoms with Gasteiger partial charge in [0.2, 0.25) is 0 Å². The molecule has 0 saturated carbocycles. The zero-order valence-corrected chi connectivity index (χ0v) is 10.1. The fraction of sp³-hybridized carbons (Fsp3) is 0.455. The van der Waals surface area contributed by atoms with Gasteiger partial charge in [-0.1, -0.05) is 15.9 Å². The first-order valence-corrected chi connectivity index (χ1v) is 5.64. The molecule has 82 valence electrons. The fourth-order valence-corrected chi connectivity index (χ4v) is 2.18. The summed E-state index contributed by atoms with van der Waals surface area (Å²) >= 11 is 3.34. The fourth-order valence-electron chi connectivity index (χ4n) is 1.77. The first kappa shape index (κ1) is 11.0. The Labute approximate surface area is 96.9 Å². The molecule has 0 spiro atoms. The molecule has 1 aliphatic heterocycles. The molecule has 0 atom stereocenters. The molecule has 1 saturated heterocycles. The number of halogens is 2. The van der Waals surface area contributed by atoms with Gasteiger partial charge in [0.1, 0.15) is 5.82 Å².